The molecule has 5 atom stereocenters. The van der Waals surface area contributed by atoms with E-state index >= 15 is 0 Å². The maximum atomic E-state index is 13.3. The molecule has 1 saturated heterocycles. The zero-order valence-electron chi connectivity index (χ0n) is 22.2. The molecule has 0 radical (unpaired) electrons. The van der Waals surface area contributed by atoms with Gasteiger partial charge in [0.2, 0.25) is 11.8 Å². The molecule has 1 aliphatic rings. The molecule has 5 unspecified atom stereocenters. The summed E-state index contributed by atoms with van der Waals surface area (Å²) in [5.74, 6) is -1.24. The maximum absolute atomic E-state index is 13.3. The number of benzene rings is 2. The van der Waals surface area contributed by atoms with E-state index < -0.39 is 41.9 Å². The Morgan fingerprint density at radius 1 is 1.02 bits per heavy atom. The highest BCUT2D eigenvalue weighted by Crippen LogP contribution is 2.29. The minimum Gasteiger partial charge on any atom is -0.378 e. The Balaban J connectivity index is 1.44. The molecular weight excluding hydrogens is 539 g/mol. The van der Waals surface area contributed by atoms with Gasteiger partial charge in [-0.3, -0.25) is 19.5 Å². The van der Waals surface area contributed by atoms with Crippen molar-refractivity contribution in [3.8, 4) is 0 Å². The van der Waals surface area contributed by atoms with Crippen molar-refractivity contribution in [2.75, 3.05) is 18.4 Å². The highest BCUT2D eigenvalue weighted by Gasteiger charge is 2.32. The Labute approximate surface area is 235 Å². The van der Waals surface area contributed by atoms with Crippen LogP contribution in [-0.2, 0) is 22.2 Å². The number of aliphatic hydroxyl groups excluding tert-OH is 1. The smallest absolute Gasteiger partial charge is 0.378 e. The van der Waals surface area contributed by atoms with Crippen molar-refractivity contribution in [3.05, 3.63) is 71.9 Å². The normalized spacial score (nSPS) is 20.0. The third-order valence-electron chi connectivity index (χ3n) is 7.15. The van der Waals surface area contributed by atoms with Crippen molar-refractivity contribution in [3.63, 3.8) is 0 Å². The Bertz CT molecular complexity index is 1350. The number of hydrogen-bond donors (Lipinski definition) is 6. The first-order valence-electron chi connectivity index (χ1n) is 13.2. The Hall–Kier alpha value is -3.62. The summed E-state index contributed by atoms with van der Waals surface area (Å²) in [6, 6.07) is 10.7. The third-order valence-corrected chi connectivity index (χ3v) is 7.15. The van der Waals surface area contributed by atoms with Crippen LogP contribution in [0.4, 0.5) is 18.9 Å². The van der Waals surface area contributed by atoms with E-state index in [0.717, 1.165) is 23.0 Å². The van der Waals surface area contributed by atoms with Gasteiger partial charge in [0.25, 0.3) is 0 Å². The van der Waals surface area contributed by atoms with Gasteiger partial charge in [-0.25, -0.2) is 0 Å². The number of aromatic nitrogens is 1. The van der Waals surface area contributed by atoms with E-state index in [4.69, 9.17) is 17.2 Å². The van der Waals surface area contributed by atoms with E-state index in [1.165, 1.54) is 18.3 Å². The number of anilines is 1. The van der Waals surface area contributed by atoms with Gasteiger partial charge < -0.3 is 32.9 Å². The molecule has 9 N–H and O–H groups in total. The second-order valence-corrected chi connectivity index (χ2v) is 10.3. The monoisotopic (exact) mass is 573 g/mol. The summed E-state index contributed by atoms with van der Waals surface area (Å²) < 4.78 is 39.1. The van der Waals surface area contributed by atoms with Crippen LogP contribution >= 0.6 is 0 Å². The molecule has 0 saturated carbocycles. The lowest BCUT2D eigenvalue weighted by molar-refractivity contribution is -0.137. The molecule has 2 aromatic carbocycles. The number of nitrogens with one attached hydrogen (secondary N) is 2. The zero-order chi connectivity index (χ0) is 29.7. The fourth-order valence-electron chi connectivity index (χ4n) is 4.69. The average Bonchev–Trinajstić information content (AvgIpc) is 3.28. The Morgan fingerprint density at radius 2 is 1.68 bits per heavy atom. The van der Waals surface area contributed by atoms with E-state index in [1.807, 2.05) is 24.3 Å². The van der Waals surface area contributed by atoms with Gasteiger partial charge in [-0.15, -0.1) is 0 Å². The molecule has 0 aliphatic carbocycles. The Kier molecular flexibility index (Phi) is 9.56. The number of hydrogen-bond acceptors (Lipinski definition) is 8. The minimum atomic E-state index is -4.50. The summed E-state index contributed by atoms with van der Waals surface area (Å²) in [6.07, 6.45) is -3.73. The first kappa shape index (κ1) is 30.3. The number of pyridine rings is 1. The first-order valence-corrected chi connectivity index (χ1v) is 13.2. The van der Waals surface area contributed by atoms with E-state index in [-0.39, 0.29) is 31.3 Å². The fourth-order valence-corrected chi connectivity index (χ4v) is 4.69. The summed E-state index contributed by atoms with van der Waals surface area (Å²) in [5, 5.41) is 16.6. The lowest BCUT2D eigenvalue weighted by Gasteiger charge is -2.25. The van der Waals surface area contributed by atoms with Crippen LogP contribution in [0.1, 0.15) is 24.0 Å². The number of nitrogens with two attached hydrogens (primary N) is 3. The van der Waals surface area contributed by atoms with Crippen molar-refractivity contribution in [2.45, 2.75) is 55.8 Å². The highest BCUT2D eigenvalue weighted by molar-refractivity contribution is 5.99. The van der Waals surface area contributed by atoms with Crippen LogP contribution in [0.15, 0.2) is 60.8 Å². The van der Waals surface area contributed by atoms with E-state index in [9.17, 15) is 27.9 Å². The van der Waals surface area contributed by atoms with Crippen LogP contribution in [0, 0.1) is 0 Å². The molecule has 13 heteroatoms. The van der Waals surface area contributed by atoms with Crippen molar-refractivity contribution >= 4 is 28.4 Å². The predicted molar refractivity (Wildman–Crippen MR) is 148 cm³/mol. The van der Waals surface area contributed by atoms with Crippen LogP contribution in [0.3, 0.4) is 0 Å². The molecule has 41 heavy (non-hydrogen) atoms. The molecule has 0 bridgehead atoms. The second kappa shape index (κ2) is 12.9. The predicted octanol–water partition coefficient (Wildman–Crippen LogP) is 1.32. The molecule has 1 aromatic heterocycles. The van der Waals surface area contributed by atoms with Gasteiger partial charge in [-0.2, -0.15) is 13.2 Å². The number of para-hydroxylation sites is 1. The van der Waals surface area contributed by atoms with E-state index in [1.54, 1.807) is 11.0 Å². The standard InChI is InChI=1S/C28H34F3N7O3/c29-28(30,31)18-7-5-16(6-8-18)11-24(27(41)36-19-12-17-3-1-2-4-23(17)35-13-19)37-26(40)20(32)9-10-25(39)38-14-21(33)22(34)15-38/h1-8,12-13,20-22,24-25,39H,9-11,14-15,32-34H2,(H,36,41)(H,37,40). The minimum absolute atomic E-state index is 0.0877. The van der Waals surface area contributed by atoms with Crippen LogP contribution in [0.2, 0.25) is 0 Å². The van der Waals surface area contributed by atoms with Gasteiger partial charge in [0.1, 0.15) is 12.3 Å². The van der Waals surface area contributed by atoms with E-state index in [2.05, 4.69) is 15.6 Å². The Morgan fingerprint density at radius 3 is 2.34 bits per heavy atom. The van der Waals surface area contributed by atoms with Gasteiger partial charge >= 0.3 is 6.18 Å². The molecule has 1 fully saturated rings. The molecule has 0 spiro atoms. The maximum Gasteiger partial charge on any atom is 0.416 e. The molecule has 2 amide bonds. The van der Waals surface area contributed by atoms with E-state index in [0.29, 0.717) is 24.3 Å². The number of amides is 2. The lowest BCUT2D eigenvalue weighted by atomic mass is 10.0. The van der Waals surface area contributed by atoms with Crippen LogP contribution < -0.4 is 27.8 Å². The number of carbonyl (C=O) groups excluding carboxylic acids is 2. The summed E-state index contributed by atoms with van der Waals surface area (Å²) in [7, 11) is 0. The van der Waals surface area contributed by atoms with Gasteiger partial charge in [-0.05, 0) is 42.7 Å². The lowest BCUT2D eigenvalue weighted by Crippen LogP contribution is -2.51. The van der Waals surface area contributed by atoms with Crippen LogP contribution in [0.5, 0.6) is 0 Å². The van der Waals surface area contributed by atoms with Crippen molar-refractivity contribution in [1.29, 1.82) is 0 Å². The molecule has 1 aliphatic heterocycles. The van der Waals surface area contributed by atoms with Crippen LogP contribution in [0.25, 0.3) is 10.9 Å². The quantitative estimate of drug-likeness (QED) is 0.211. The molecule has 4 rings (SSSR count). The number of rotatable bonds is 10. The van der Waals surface area contributed by atoms with Gasteiger partial charge in [0.05, 0.1) is 29.0 Å². The van der Waals surface area contributed by atoms with Gasteiger partial charge in [-0.1, -0.05) is 30.3 Å². The summed E-state index contributed by atoms with van der Waals surface area (Å²) in [6.45, 7) is 0.839. The van der Waals surface area contributed by atoms with Crippen molar-refractivity contribution < 1.29 is 27.9 Å². The number of nitrogens with zero attached hydrogens (tertiary/aromatic N) is 2. The summed E-state index contributed by atoms with van der Waals surface area (Å²) >= 11 is 0. The zero-order valence-corrected chi connectivity index (χ0v) is 22.2. The molecule has 220 valence electrons. The first-order chi connectivity index (χ1) is 19.4. The SMILES string of the molecule is NC(CCC(O)N1CC(N)C(N)C1)C(=O)NC(Cc1ccc(C(F)(F)F)cc1)C(=O)Nc1cnc2ccccc2c1. The third kappa shape index (κ3) is 7.99. The average molecular weight is 574 g/mol. The number of carbonyl (C=O) groups is 2. The molecular formula is C28H34F3N7O3. The summed E-state index contributed by atoms with van der Waals surface area (Å²) in [4.78, 5) is 32.3. The topological polar surface area (TPSA) is 173 Å². The summed E-state index contributed by atoms with van der Waals surface area (Å²) in [5.41, 5.74) is 18.6. The number of fused-ring (bicyclic) bond motifs is 1. The number of alkyl halides is 3. The number of aliphatic hydroxyl groups is 1. The fraction of sp³-hybridized carbons (Fsp3) is 0.393. The van der Waals surface area contributed by atoms with Gasteiger partial charge in [0.15, 0.2) is 0 Å². The van der Waals surface area contributed by atoms with Crippen molar-refractivity contribution in [2.24, 2.45) is 17.2 Å². The molecule has 3 aromatic rings. The molecule has 2 heterocycles. The van der Waals surface area contributed by atoms with Crippen molar-refractivity contribution in [1.82, 2.24) is 15.2 Å². The van der Waals surface area contributed by atoms with Gasteiger partial charge in [0, 0.05) is 37.0 Å². The molecule has 10 nitrogen and oxygen atoms in total. The largest absolute Gasteiger partial charge is 0.416 e. The number of likely N-dealkylation sites (tertiary alicyclic amines) is 1. The second-order valence-electron chi connectivity index (χ2n) is 10.3. The highest BCUT2D eigenvalue weighted by atomic mass is 19.4. The van der Waals surface area contributed by atoms with Crippen LogP contribution in [-0.4, -0.2) is 70.3 Å². The number of halogens is 3.